The van der Waals surface area contributed by atoms with E-state index in [4.69, 9.17) is 17.1 Å². The molecule has 6 heteroatoms. The average molecular weight is 204 g/mol. The Bertz CT molecular complexity index is 531. The van der Waals surface area contributed by atoms with E-state index in [0.717, 1.165) is 0 Å². The molecular weight excluding hydrogens is 202 g/mol. The summed E-state index contributed by atoms with van der Waals surface area (Å²) < 4.78 is 26.4. The van der Waals surface area contributed by atoms with E-state index in [1.54, 1.807) is 0 Å². The molecule has 0 saturated heterocycles. The van der Waals surface area contributed by atoms with E-state index in [1.165, 1.54) is 12.1 Å². The van der Waals surface area contributed by atoms with E-state index in [2.05, 4.69) is 9.83 Å². The topological polar surface area (TPSA) is 64.8 Å². The van der Waals surface area contributed by atoms with Crippen molar-refractivity contribution in [3.63, 3.8) is 0 Å². The van der Waals surface area contributed by atoms with Gasteiger partial charge in [-0.15, -0.1) is 0 Å². The van der Waals surface area contributed by atoms with Gasteiger partial charge in [0.2, 0.25) is 12.5 Å². The minimum Gasteiger partial charge on any atom is -0.312 e. The first-order valence-electron chi connectivity index (χ1n) is 3.67. The van der Waals surface area contributed by atoms with E-state index < -0.39 is 35.1 Å². The third-order valence-electron chi connectivity index (χ3n) is 1.64. The fourth-order valence-electron chi connectivity index (χ4n) is 0.983. The fourth-order valence-corrected chi connectivity index (χ4v) is 0.983. The monoisotopic (exact) mass is 204 g/mol. The highest BCUT2D eigenvalue weighted by molar-refractivity contribution is 5.43. The first-order valence-corrected chi connectivity index (χ1v) is 3.67. The Morgan fingerprint density at radius 1 is 1.33 bits per heavy atom. The number of nitrogens with zero attached hydrogens (tertiary/aromatic N) is 4. The first-order chi connectivity index (χ1) is 7.15. The number of hydrogen-bond donors (Lipinski definition) is 0. The van der Waals surface area contributed by atoms with Gasteiger partial charge in [0.25, 0.3) is 0 Å². The molecule has 0 aliphatic carbocycles. The zero-order valence-corrected chi connectivity index (χ0v) is 7.25. The quantitative estimate of drug-likeness (QED) is 0.514. The molecule has 0 radical (unpaired) electrons. The molecule has 0 aromatic carbocycles. The van der Waals surface area contributed by atoms with Crippen LogP contribution < -0.4 is 0 Å². The molecule has 4 nitrogen and oxygen atoms in total. The number of halogens is 2. The third kappa shape index (κ3) is 1.72. The molecule has 1 aromatic rings. The summed E-state index contributed by atoms with van der Waals surface area (Å²) in [5.41, 5.74) is -1.82. The second-order valence-corrected chi connectivity index (χ2v) is 2.46. The molecule has 0 unspecified atom stereocenters. The van der Waals surface area contributed by atoms with Crippen molar-refractivity contribution >= 4 is 0 Å². The van der Waals surface area contributed by atoms with Crippen molar-refractivity contribution in [2.45, 2.75) is 6.54 Å². The number of pyridine rings is 1. The van der Waals surface area contributed by atoms with Crippen molar-refractivity contribution in [1.29, 1.82) is 10.5 Å². The standard InChI is InChI=1S/C9H2F2N4/c1-14-4-6-5(2-12)8(10)7(3-13)15-9(6)11/h4H2. The van der Waals surface area contributed by atoms with Crippen LogP contribution in [0.15, 0.2) is 0 Å². The lowest BCUT2D eigenvalue weighted by Crippen LogP contribution is -2.04. The third-order valence-corrected chi connectivity index (χ3v) is 1.64. The van der Waals surface area contributed by atoms with Gasteiger partial charge < -0.3 is 4.85 Å². The van der Waals surface area contributed by atoms with Crippen LogP contribution in [0.3, 0.4) is 0 Å². The van der Waals surface area contributed by atoms with Crippen molar-refractivity contribution in [3.8, 4) is 12.1 Å². The Labute approximate surface area is 83.8 Å². The van der Waals surface area contributed by atoms with Crippen LogP contribution in [-0.4, -0.2) is 4.98 Å². The minimum absolute atomic E-state index is 0.413. The summed E-state index contributed by atoms with van der Waals surface area (Å²) in [5, 5.41) is 17.0. The molecule has 0 fully saturated rings. The molecule has 0 spiro atoms. The molecular formula is C9H2F2N4. The van der Waals surface area contributed by atoms with Gasteiger partial charge in [-0.3, -0.25) is 0 Å². The number of nitriles is 2. The molecule has 1 aromatic heterocycles. The Hall–Kier alpha value is -2.52. The van der Waals surface area contributed by atoms with Crippen LogP contribution in [0.4, 0.5) is 8.78 Å². The SMILES string of the molecule is [C-]#[N+]Cc1c(F)nc(C#N)c(F)c1C#N. The summed E-state index contributed by atoms with van der Waals surface area (Å²) in [6, 6.07) is 2.74. The summed E-state index contributed by atoms with van der Waals surface area (Å²) in [6.45, 7) is 6.03. The summed E-state index contributed by atoms with van der Waals surface area (Å²) >= 11 is 0. The largest absolute Gasteiger partial charge is 0.312 e. The van der Waals surface area contributed by atoms with Gasteiger partial charge in [0.05, 0.1) is 0 Å². The molecule has 0 N–H and O–H groups in total. The van der Waals surface area contributed by atoms with Crippen molar-refractivity contribution in [2.24, 2.45) is 0 Å². The molecule has 0 aliphatic heterocycles. The van der Waals surface area contributed by atoms with Gasteiger partial charge in [-0.1, -0.05) is 0 Å². The van der Waals surface area contributed by atoms with Crippen molar-refractivity contribution in [2.75, 3.05) is 0 Å². The lowest BCUT2D eigenvalue weighted by Gasteiger charge is -2.00. The number of aromatic nitrogens is 1. The van der Waals surface area contributed by atoms with E-state index in [9.17, 15) is 8.78 Å². The van der Waals surface area contributed by atoms with Gasteiger partial charge in [0.15, 0.2) is 11.5 Å². The molecule has 1 heterocycles. The smallest absolute Gasteiger partial charge is 0.245 e. The second kappa shape index (κ2) is 4.13. The molecule has 0 bridgehead atoms. The Kier molecular flexibility index (Phi) is 2.91. The van der Waals surface area contributed by atoms with Crippen LogP contribution >= 0.6 is 0 Å². The number of hydrogen-bond acceptors (Lipinski definition) is 3. The Morgan fingerprint density at radius 2 is 2.00 bits per heavy atom. The van der Waals surface area contributed by atoms with Crippen LogP contribution in [0.1, 0.15) is 16.8 Å². The van der Waals surface area contributed by atoms with Gasteiger partial charge in [-0.2, -0.15) is 14.9 Å². The maximum Gasteiger partial charge on any atom is 0.245 e. The zero-order valence-electron chi connectivity index (χ0n) is 7.25. The molecule has 0 atom stereocenters. The van der Waals surface area contributed by atoms with Crippen LogP contribution in [0.25, 0.3) is 4.85 Å². The fraction of sp³-hybridized carbons (Fsp3) is 0.111. The lowest BCUT2D eigenvalue weighted by molar-refractivity contribution is 0.541. The normalized spacial score (nSPS) is 8.73. The van der Waals surface area contributed by atoms with E-state index in [0.29, 0.717) is 0 Å². The van der Waals surface area contributed by atoms with Gasteiger partial charge in [0, 0.05) is 0 Å². The molecule has 15 heavy (non-hydrogen) atoms. The van der Waals surface area contributed by atoms with E-state index >= 15 is 0 Å². The lowest BCUT2D eigenvalue weighted by atomic mass is 10.1. The first kappa shape index (κ1) is 10.6. The second-order valence-electron chi connectivity index (χ2n) is 2.46. The molecule has 0 aliphatic rings. The van der Waals surface area contributed by atoms with Crippen LogP contribution in [0.5, 0.6) is 0 Å². The van der Waals surface area contributed by atoms with Crippen molar-refractivity contribution in [1.82, 2.24) is 4.98 Å². The Morgan fingerprint density at radius 3 is 2.47 bits per heavy atom. The maximum absolute atomic E-state index is 13.3. The summed E-state index contributed by atoms with van der Waals surface area (Å²) in [5.74, 6) is -2.33. The maximum atomic E-state index is 13.3. The molecule has 1 rings (SSSR count). The highest BCUT2D eigenvalue weighted by atomic mass is 19.1. The van der Waals surface area contributed by atoms with E-state index in [1.807, 2.05) is 0 Å². The van der Waals surface area contributed by atoms with Crippen LogP contribution in [0.2, 0.25) is 0 Å². The van der Waals surface area contributed by atoms with Crippen LogP contribution in [-0.2, 0) is 6.54 Å². The van der Waals surface area contributed by atoms with Gasteiger partial charge in [0.1, 0.15) is 23.3 Å². The van der Waals surface area contributed by atoms with Crippen molar-refractivity contribution < 1.29 is 8.78 Å². The minimum atomic E-state index is -1.18. The summed E-state index contributed by atoms with van der Waals surface area (Å²) in [4.78, 5) is 5.86. The molecule has 72 valence electrons. The number of rotatable bonds is 1. The Balaban J connectivity index is 3.58. The highest BCUT2D eigenvalue weighted by Gasteiger charge is 2.21. The van der Waals surface area contributed by atoms with Gasteiger partial charge in [-0.25, -0.2) is 15.9 Å². The predicted octanol–water partition coefficient (Wildman–Crippen LogP) is 1.52. The summed E-state index contributed by atoms with van der Waals surface area (Å²) in [6.07, 6.45) is 0. The van der Waals surface area contributed by atoms with Gasteiger partial charge >= 0.3 is 0 Å². The average Bonchev–Trinajstić information content (AvgIpc) is 2.23. The predicted molar refractivity (Wildman–Crippen MR) is 43.9 cm³/mol. The molecule has 0 saturated carbocycles. The van der Waals surface area contributed by atoms with Crippen molar-refractivity contribution in [3.05, 3.63) is 40.0 Å². The highest BCUT2D eigenvalue weighted by Crippen LogP contribution is 2.18. The summed E-state index contributed by atoms with van der Waals surface area (Å²) in [7, 11) is 0. The van der Waals surface area contributed by atoms with E-state index in [-0.39, 0.29) is 0 Å². The molecule has 0 amide bonds. The van der Waals surface area contributed by atoms with Crippen LogP contribution in [0, 0.1) is 41.0 Å². The zero-order chi connectivity index (χ0) is 11.4. The van der Waals surface area contributed by atoms with Gasteiger partial charge in [-0.05, 0) is 0 Å².